The highest BCUT2D eigenvalue weighted by Gasteiger charge is 2.30. The predicted octanol–water partition coefficient (Wildman–Crippen LogP) is 6.13. The van der Waals surface area contributed by atoms with E-state index in [-0.39, 0.29) is 12.4 Å². The van der Waals surface area contributed by atoms with Crippen LogP contribution in [0.4, 0.5) is 13.2 Å². The normalized spacial score (nSPS) is 12.0. The van der Waals surface area contributed by atoms with Crippen molar-refractivity contribution in [2.75, 3.05) is 7.11 Å². The van der Waals surface area contributed by atoms with Gasteiger partial charge in [0.2, 0.25) is 0 Å². The fourth-order valence-electron chi connectivity index (χ4n) is 3.01. The summed E-state index contributed by atoms with van der Waals surface area (Å²) < 4.78 is 58.0. The van der Waals surface area contributed by atoms with E-state index < -0.39 is 12.5 Å². The molecule has 5 nitrogen and oxygen atoms in total. The van der Waals surface area contributed by atoms with Crippen LogP contribution in [0.1, 0.15) is 34.5 Å². The second kappa shape index (κ2) is 10.1. The summed E-state index contributed by atoms with van der Waals surface area (Å²) in [5, 5.41) is 0. The number of alkyl halides is 3. The van der Waals surface area contributed by atoms with Crippen LogP contribution in [-0.4, -0.2) is 19.8 Å². The SMILES string of the molecule is COc1ccccc1C(C)Oc1cc(C=O)ccc1OCc1ccc(OC(F)(F)F)cc1. The van der Waals surface area contributed by atoms with Crippen LogP contribution >= 0.6 is 0 Å². The van der Waals surface area contributed by atoms with E-state index >= 15 is 0 Å². The number of rotatable bonds is 9. The maximum Gasteiger partial charge on any atom is 0.573 e. The molecule has 168 valence electrons. The van der Waals surface area contributed by atoms with E-state index in [4.69, 9.17) is 14.2 Å². The van der Waals surface area contributed by atoms with Gasteiger partial charge in [0.15, 0.2) is 11.5 Å². The summed E-state index contributed by atoms with van der Waals surface area (Å²) >= 11 is 0. The van der Waals surface area contributed by atoms with Crippen LogP contribution in [0.25, 0.3) is 0 Å². The molecule has 0 aromatic heterocycles. The lowest BCUT2D eigenvalue weighted by Gasteiger charge is -2.20. The first kappa shape index (κ1) is 23.0. The number of benzene rings is 3. The van der Waals surface area contributed by atoms with Gasteiger partial charge in [-0.05, 0) is 48.9 Å². The van der Waals surface area contributed by atoms with Gasteiger partial charge in [-0.1, -0.05) is 30.3 Å². The minimum atomic E-state index is -4.75. The number of ether oxygens (including phenoxy) is 4. The van der Waals surface area contributed by atoms with Crippen molar-refractivity contribution < 1.29 is 36.9 Å². The van der Waals surface area contributed by atoms with E-state index in [0.29, 0.717) is 34.7 Å². The van der Waals surface area contributed by atoms with Crippen molar-refractivity contribution in [2.24, 2.45) is 0 Å². The standard InChI is InChI=1S/C24H21F3O5/c1-16(20-5-3-4-6-21(20)29-2)31-23-13-18(14-28)9-12-22(23)30-15-17-7-10-19(11-8-17)32-24(25,26)27/h3-14,16H,15H2,1-2H3. The van der Waals surface area contributed by atoms with E-state index in [1.165, 1.54) is 24.3 Å². The lowest BCUT2D eigenvalue weighted by Crippen LogP contribution is -2.17. The highest BCUT2D eigenvalue weighted by Crippen LogP contribution is 2.35. The number of para-hydroxylation sites is 1. The smallest absolute Gasteiger partial charge is 0.496 e. The van der Waals surface area contributed by atoms with E-state index in [0.717, 1.165) is 5.56 Å². The van der Waals surface area contributed by atoms with Crippen LogP contribution in [0.5, 0.6) is 23.0 Å². The van der Waals surface area contributed by atoms with Crippen molar-refractivity contribution in [3.63, 3.8) is 0 Å². The van der Waals surface area contributed by atoms with Gasteiger partial charge in [0.05, 0.1) is 7.11 Å². The molecule has 0 amide bonds. The first-order valence-corrected chi connectivity index (χ1v) is 9.65. The van der Waals surface area contributed by atoms with Crippen LogP contribution < -0.4 is 18.9 Å². The van der Waals surface area contributed by atoms with Gasteiger partial charge >= 0.3 is 6.36 Å². The molecule has 0 bridgehead atoms. The molecule has 0 saturated heterocycles. The van der Waals surface area contributed by atoms with Crippen molar-refractivity contribution >= 4 is 6.29 Å². The molecule has 8 heteroatoms. The molecule has 0 aliphatic carbocycles. The number of aldehydes is 1. The van der Waals surface area contributed by atoms with Crippen molar-refractivity contribution in [3.05, 3.63) is 83.4 Å². The Bertz CT molecular complexity index is 1050. The first-order chi connectivity index (χ1) is 15.3. The fraction of sp³-hybridized carbons (Fsp3) is 0.208. The van der Waals surface area contributed by atoms with Crippen LogP contribution in [0.3, 0.4) is 0 Å². The average Bonchev–Trinajstić information content (AvgIpc) is 2.78. The summed E-state index contributed by atoms with van der Waals surface area (Å²) in [4.78, 5) is 11.2. The number of methoxy groups -OCH3 is 1. The quantitative estimate of drug-likeness (QED) is 0.371. The summed E-state index contributed by atoms with van der Waals surface area (Å²) in [5.41, 5.74) is 1.86. The molecule has 0 saturated carbocycles. The monoisotopic (exact) mass is 446 g/mol. The molecule has 0 N–H and O–H groups in total. The van der Waals surface area contributed by atoms with Gasteiger partial charge in [0.25, 0.3) is 0 Å². The third-order valence-corrected chi connectivity index (χ3v) is 4.54. The molecule has 0 aliphatic rings. The van der Waals surface area contributed by atoms with Crippen LogP contribution in [0.2, 0.25) is 0 Å². The molecule has 0 aliphatic heterocycles. The van der Waals surface area contributed by atoms with Crippen molar-refractivity contribution in [3.8, 4) is 23.0 Å². The summed E-state index contributed by atoms with van der Waals surface area (Å²) in [6.07, 6.45) is -4.46. The Labute approximate surface area is 183 Å². The first-order valence-electron chi connectivity index (χ1n) is 9.65. The Balaban J connectivity index is 1.75. The molecule has 3 aromatic rings. The molecular formula is C24H21F3O5. The van der Waals surface area contributed by atoms with Gasteiger partial charge < -0.3 is 18.9 Å². The van der Waals surface area contributed by atoms with E-state index in [9.17, 15) is 18.0 Å². The zero-order valence-corrected chi connectivity index (χ0v) is 17.4. The highest BCUT2D eigenvalue weighted by molar-refractivity contribution is 5.76. The van der Waals surface area contributed by atoms with Crippen molar-refractivity contribution in [1.29, 1.82) is 0 Å². The molecule has 3 aromatic carbocycles. The number of carbonyl (C=O) groups is 1. The van der Waals surface area contributed by atoms with Gasteiger partial charge in [-0.15, -0.1) is 13.2 Å². The van der Waals surface area contributed by atoms with E-state index in [1.807, 2.05) is 31.2 Å². The van der Waals surface area contributed by atoms with Crippen molar-refractivity contribution in [1.82, 2.24) is 0 Å². The minimum Gasteiger partial charge on any atom is -0.496 e. The van der Waals surface area contributed by atoms with Crippen LogP contribution in [0, 0.1) is 0 Å². The third-order valence-electron chi connectivity index (χ3n) is 4.54. The second-order valence-electron chi connectivity index (χ2n) is 6.81. The Morgan fingerprint density at radius 1 is 0.938 bits per heavy atom. The molecular weight excluding hydrogens is 425 g/mol. The molecule has 32 heavy (non-hydrogen) atoms. The predicted molar refractivity (Wildman–Crippen MR) is 111 cm³/mol. The van der Waals surface area contributed by atoms with Gasteiger partial charge in [-0.25, -0.2) is 0 Å². The summed E-state index contributed by atoms with van der Waals surface area (Å²) in [5.74, 6) is 1.08. The Morgan fingerprint density at radius 3 is 2.31 bits per heavy atom. The van der Waals surface area contributed by atoms with E-state index in [1.54, 1.807) is 25.3 Å². The summed E-state index contributed by atoms with van der Waals surface area (Å²) in [6.45, 7) is 1.92. The van der Waals surface area contributed by atoms with Crippen LogP contribution in [0.15, 0.2) is 66.7 Å². The molecule has 0 spiro atoms. The molecule has 3 rings (SSSR count). The van der Waals surface area contributed by atoms with Gasteiger partial charge in [-0.3, -0.25) is 4.79 Å². The lowest BCUT2D eigenvalue weighted by molar-refractivity contribution is -0.274. The molecule has 0 fully saturated rings. The van der Waals surface area contributed by atoms with Crippen molar-refractivity contribution in [2.45, 2.75) is 26.0 Å². The summed E-state index contributed by atoms with van der Waals surface area (Å²) in [6, 6.07) is 17.5. The molecule has 1 atom stereocenters. The third kappa shape index (κ3) is 6.16. The lowest BCUT2D eigenvalue weighted by atomic mass is 10.1. The Hall–Kier alpha value is -3.68. The molecule has 1 unspecified atom stereocenters. The molecule has 0 heterocycles. The average molecular weight is 446 g/mol. The second-order valence-corrected chi connectivity index (χ2v) is 6.81. The van der Waals surface area contributed by atoms with E-state index in [2.05, 4.69) is 4.74 Å². The Kier molecular flexibility index (Phi) is 7.25. The largest absolute Gasteiger partial charge is 0.573 e. The van der Waals surface area contributed by atoms with Gasteiger partial charge in [0.1, 0.15) is 30.5 Å². The molecule has 0 radical (unpaired) electrons. The topological polar surface area (TPSA) is 54.0 Å². The fourth-order valence-corrected chi connectivity index (χ4v) is 3.01. The number of carbonyl (C=O) groups excluding carboxylic acids is 1. The Morgan fingerprint density at radius 2 is 1.66 bits per heavy atom. The minimum absolute atomic E-state index is 0.0755. The maximum atomic E-state index is 12.3. The maximum absolute atomic E-state index is 12.3. The highest BCUT2D eigenvalue weighted by atomic mass is 19.4. The van der Waals surface area contributed by atoms with Crippen LogP contribution in [-0.2, 0) is 6.61 Å². The van der Waals surface area contributed by atoms with Gasteiger partial charge in [0, 0.05) is 11.1 Å². The number of hydrogen-bond acceptors (Lipinski definition) is 5. The zero-order valence-electron chi connectivity index (χ0n) is 17.4. The van der Waals surface area contributed by atoms with Gasteiger partial charge in [-0.2, -0.15) is 0 Å². The zero-order chi connectivity index (χ0) is 23.1. The number of halogens is 3. The number of hydrogen-bond donors (Lipinski definition) is 0. The summed E-state index contributed by atoms with van der Waals surface area (Å²) in [7, 11) is 1.57.